The molecule has 0 aromatic carbocycles. The molecule has 0 bridgehead atoms. The van der Waals surface area contributed by atoms with Crippen LogP contribution in [0.25, 0.3) is 0 Å². The van der Waals surface area contributed by atoms with Gasteiger partial charge in [-0.25, -0.2) is 0 Å². The van der Waals surface area contributed by atoms with Crippen LogP contribution in [0.5, 0.6) is 0 Å². The van der Waals surface area contributed by atoms with E-state index in [9.17, 15) is 19.5 Å². The predicted octanol–water partition coefficient (Wildman–Crippen LogP) is -2.88. The van der Waals surface area contributed by atoms with Crippen molar-refractivity contribution in [3.05, 3.63) is 0 Å². The zero-order chi connectivity index (χ0) is 16.8. The van der Waals surface area contributed by atoms with Crippen molar-refractivity contribution in [3.63, 3.8) is 0 Å². The molecule has 5 nitrogen and oxygen atoms in total. The molecule has 24 heavy (non-hydrogen) atoms. The van der Waals surface area contributed by atoms with E-state index in [1.165, 1.54) is 44.9 Å². The number of phosphoric ester groups is 1. The maximum Gasteiger partial charge on any atom is 1.00 e. The monoisotopic (exact) mass is 402 g/mol. The molecule has 0 aromatic heterocycles. The van der Waals surface area contributed by atoms with Crippen LogP contribution < -0.4 is 68.9 Å². The Morgan fingerprint density at radius 1 is 0.958 bits per heavy atom. The Bertz CT molecular complexity index is 308. The van der Waals surface area contributed by atoms with Gasteiger partial charge in [0, 0.05) is 0 Å². The van der Waals surface area contributed by atoms with Gasteiger partial charge in [-0.2, -0.15) is 0 Å². The van der Waals surface area contributed by atoms with E-state index in [1.54, 1.807) is 0 Å². The topological polar surface area (TPSA) is 92.7 Å². The predicted molar refractivity (Wildman–Crippen MR) is 85.7 cm³/mol. The van der Waals surface area contributed by atoms with E-state index in [1.807, 2.05) is 0 Å². The average molecular weight is 403 g/mol. The summed E-state index contributed by atoms with van der Waals surface area (Å²) in [7, 11) is -5.03. The van der Waals surface area contributed by atoms with Crippen molar-refractivity contribution in [1.29, 1.82) is 0 Å². The summed E-state index contributed by atoms with van der Waals surface area (Å²) in [6, 6.07) is 0. The number of unbranched alkanes of at least 4 members (excludes halogenated alkanes) is 9. The maximum absolute atomic E-state index is 10.3. The molecule has 0 saturated heterocycles. The zero-order valence-corrected chi connectivity index (χ0v) is 21.2. The van der Waals surface area contributed by atoms with Crippen molar-refractivity contribution in [2.24, 2.45) is 0 Å². The van der Waals surface area contributed by atoms with E-state index in [0.717, 1.165) is 19.3 Å². The summed E-state index contributed by atoms with van der Waals surface area (Å²) in [4.78, 5) is 20.6. The number of rotatable bonds is 15. The third kappa shape index (κ3) is 22.4. The van der Waals surface area contributed by atoms with Gasteiger partial charge in [0.05, 0.1) is 25.9 Å². The van der Waals surface area contributed by atoms with Crippen LogP contribution in [-0.2, 0) is 9.09 Å². The summed E-state index contributed by atoms with van der Waals surface area (Å²) in [6.07, 6.45) is 11.6. The van der Waals surface area contributed by atoms with Crippen molar-refractivity contribution in [2.75, 3.05) is 6.61 Å². The summed E-state index contributed by atoms with van der Waals surface area (Å²) >= 11 is 5.95. The van der Waals surface area contributed by atoms with Crippen LogP contribution in [0.15, 0.2) is 0 Å². The van der Waals surface area contributed by atoms with Gasteiger partial charge in [0.25, 0.3) is 0 Å². The molecule has 2 unspecified atom stereocenters. The molecule has 0 heterocycles. The number of phosphoric acid groups is 1. The second-order valence-electron chi connectivity index (χ2n) is 5.80. The van der Waals surface area contributed by atoms with E-state index in [0.29, 0.717) is 6.42 Å². The first-order valence-corrected chi connectivity index (χ1v) is 10.2. The smallest absolute Gasteiger partial charge is 0.790 e. The van der Waals surface area contributed by atoms with Crippen LogP contribution >= 0.6 is 19.4 Å². The van der Waals surface area contributed by atoms with Crippen molar-refractivity contribution >= 4 is 19.4 Å². The van der Waals surface area contributed by atoms with Crippen molar-refractivity contribution in [2.45, 2.75) is 89.0 Å². The third-order valence-corrected chi connectivity index (χ3v) is 4.63. The minimum atomic E-state index is -5.03. The number of halogens is 1. The minimum Gasteiger partial charge on any atom is -0.790 e. The number of aliphatic hydroxyl groups is 1. The standard InChI is InChI=1S/C15H32ClO5P.2Na/c1-2-3-4-5-6-7-8-9-10-11-12-14(16)15(17)13-21-22(18,19)20;;/h14-15,17H,2-13H2,1H3,(H2,18,19,20);;/q;2*+1/p-2. The van der Waals surface area contributed by atoms with E-state index >= 15 is 0 Å². The van der Waals surface area contributed by atoms with Gasteiger partial charge in [-0.3, -0.25) is 0 Å². The van der Waals surface area contributed by atoms with Gasteiger partial charge in [-0.05, 0) is 6.42 Å². The number of alkyl halides is 1. The van der Waals surface area contributed by atoms with Crippen LogP contribution in [0.3, 0.4) is 0 Å². The zero-order valence-electron chi connectivity index (χ0n) is 15.5. The molecule has 9 heteroatoms. The summed E-state index contributed by atoms with van der Waals surface area (Å²) in [6.45, 7) is 1.66. The largest absolute Gasteiger partial charge is 1.00 e. The molecule has 0 amide bonds. The fourth-order valence-corrected chi connectivity index (χ4v) is 2.85. The summed E-state index contributed by atoms with van der Waals surface area (Å²) in [5.74, 6) is 0. The van der Waals surface area contributed by atoms with Crippen LogP contribution in [0.1, 0.15) is 77.6 Å². The molecule has 1 N–H and O–H groups in total. The molecule has 0 spiro atoms. The number of hydrogen-bond donors (Lipinski definition) is 1. The average Bonchev–Trinajstić information content (AvgIpc) is 2.45. The Kier molecular flexibility index (Phi) is 26.0. The van der Waals surface area contributed by atoms with Crippen LogP contribution in [0.4, 0.5) is 0 Å². The summed E-state index contributed by atoms with van der Waals surface area (Å²) < 4.78 is 14.3. The summed E-state index contributed by atoms with van der Waals surface area (Å²) in [5.41, 5.74) is 0. The SMILES string of the molecule is CCCCCCCCCCCCC(Cl)C(O)COP(=O)([O-])[O-].[Na+].[Na+]. The number of aliphatic hydroxyl groups excluding tert-OH is 1. The molecule has 0 fully saturated rings. The Morgan fingerprint density at radius 3 is 1.79 bits per heavy atom. The minimum absolute atomic E-state index is 0. The first kappa shape index (κ1) is 31.1. The second kappa shape index (κ2) is 20.1. The molecule has 0 aliphatic rings. The fraction of sp³-hybridized carbons (Fsp3) is 1.00. The molecule has 0 aliphatic heterocycles. The van der Waals surface area contributed by atoms with E-state index in [2.05, 4.69) is 11.4 Å². The first-order valence-electron chi connectivity index (χ1n) is 8.35. The van der Waals surface area contributed by atoms with Crippen LogP contribution in [0, 0.1) is 0 Å². The molecule has 0 radical (unpaired) electrons. The quantitative estimate of drug-likeness (QED) is 0.137. The normalized spacial score (nSPS) is 13.7. The second-order valence-corrected chi connectivity index (χ2v) is 7.51. The Hall–Kier alpha value is 2.36. The summed E-state index contributed by atoms with van der Waals surface area (Å²) in [5, 5.41) is 8.99. The van der Waals surface area contributed by atoms with Crippen molar-refractivity contribution < 1.29 is 83.1 Å². The molecule has 2 atom stereocenters. The van der Waals surface area contributed by atoms with E-state index in [4.69, 9.17) is 11.6 Å². The molecule has 0 saturated carbocycles. The molecule has 0 rings (SSSR count). The number of hydrogen-bond acceptors (Lipinski definition) is 5. The van der Waals surface area contributed by atoms with Gasteiger partial charge in [0.2, 0.25) is 0 Å². The maximum atomic E-state index is 10.3. The van der Waals surface area contributed by atoms with Gasteiger partial charge < -0.3 is 24.0 Å². The molecule has 0 aromatic rings. The molecule has 134 valence electrons. The van der Waals surface area contributed by atoms with Crippen molar-refractivity contribution in [3.8, 4) is 0 Å². The van der Waals surface area contributed by atoms with Gasteiger partial charge in [0.1, 0.15) is 0 Å². The van der Waals surface area contributed by atoms with Crippen LogP contribution in [-0.4, -0.2) is 23.2 Å². The van der Waals surface area contributed by atoms with Gasteiger partial charge >= 0.3 is 59.1 Å². The van der Waals surface area contributed by atoms with Gasteiger partial charge in [-0.1, -0.05) is 71.1 Å². The van der Waals surface area contributed by atoms with Crippen molar-refractivity contribution in [1.82, 2.24) is 0 Å². The Balaban J connectivity index is -0.00000220. The molecule has 0 aliphatic carbocycles. The first-order chi connectivity index (χ1) is 10.4. The van der Waals surface area contributed by atoms with E-state index < -0.39 is 25.9 Å². The Morgan fingerprint density at radius 2 is 1.38 bits per heavy atom. The Labute approximate surface area is 196 Å². The van der Waals surface area contributed by atoms with Gasteiger partial charge in [0.15, 0.2) is 0 Å². The fourth-order valence-electron chi connectivity index (χ4n) is 2.29. The molecular formula is C15H30ClNa2O5P. The van der Waals surface area contributed by atoms with Crippen LogP contribution in [0.2, 0.25) is 0 Å². The van der Waals surface area contributed by atoms with E-state index in [-0.39, 0.29) is 59.1 Å². The van der Waals surface area contributed by atoms with Gasteiger partial charge in [-0.15, -0.1) is 11.6 Å². The third-order valence-electron chi connectivity index (χ3n) is 3.65. The molecular weight excluding hydrogens is 373 g/mol.